The third kappa shape index (κ3) is 3.76. The van der Waals surface area contributed by atoms with Crippen LogP contribution < -0.4 is 5.73 Å². The van der Waals surface area contributed by atoms with Gasteiger partial charge in [-0.25, -0.2) is 0 Å². The molecule has 2 rings (SSSR count). The molecule has 1 aliphatic rings. The van der Waals surface area contributed by atoms with Gasteiger partial charge in [-0.2, -0.15) is 4.98 Å². The number of hydrogen-bond acceptors (Lipinski definition) is 5. The van der Waals surface area contributed by atoms with Crippen LogP contribution in [0.4, 0.5) is 0 Å². The highest BCUT2D eigenvalue weighted by Crippen LogP contribution is 2.36. The highest BCUT2D eigenvalue weighted by atomic mass is 16.5. The zero-order chi connectivity index (χ0) is 13.7. The van der Waals surface area contributed by atoms with Crippen molar-refractivity contribution in [2.24, 2.45) is 11.7 Å². The number of hydrogen-bond donors (Lipinski definition) is 1. The number of ether oxygens (including phenoxy) is 1. The van der Waals surface area contributed by atoms with Crippen molar-refractivity contribution in [3.05, 3.63) is 11.7 Å². The highest BCUT2D eigenvalue weighted by molar-refractivity contribution is 4.99. The van der Waals surface area contributed by atoms with Crippen LogP contribution in [0.5, 0.6) is 0 Å². The summed E-state index contributed by atoms with van der Waals surface area (Å²) in [5, 5.41) is 4.09. The van der Waals surface area contributed by atoms with Gasteiger partial charge < -0.3 is 15.0 Å². The lowest BCUT2D eigenvalue weighted by atomic mass is 9.80. The van der Waals surface area contributed by atoms with Crippen molar-refractivity contribution in [3.63, 3.8) is 0 Å². The van der Waals surface area contributed by atoms with Gasteiger partial charge >= 0.3 is 0 Å². The average Bonchev–Trinajstić information content (AvgIpc) is 2.90. The summed E-state index contributed by atoms with van der Waals surface area (Å²) in [6.07, 6.45) is 7.54. The Balaban J connectivity index is 1.89. The Bertz CT molecular complexity index is 373. The van der Waals surface area contributed by atoms with E-state index in [1.165, 1.54) is 38.5 Å². The van der Waals surface area contributed by atoms with E-state index in [0.717, 1.165) is 11.7 Å². The molecule has 1 aromatic rings. The van der Waals surface area contributed by atoms with Crippen LogP contribution in [0.25, 0.3) is 0 Å². The van der Waals surface area contributed by atoms with Gasteiger partial charge in [0.05, 0.1) is 6.61 Å². The molecule has 0 saturated heterocycles. The van der Waals surface area contributed by atoms with Gasteiger partial charge in [0.2, 0.25) is 5.89 Å². The first-order chi connectivity index (χ1) is 9.24. The van der Waals surface area contributed by atoms with Crippen LogP contribution in [0.3, 0.4) is 0 Å². The van der Waals surface area contributed by atoms with Crippen LogP contribution in [-0.2, 0) is 4.74 Å². The summed E-state index contributed by atoms with van der Waals surface area (Å²) in [5.41, 5.74) is 5.89. The smallest absolute Gasteiger partial charge is 0.245 e. The van der Waals surface area contributed by atoms with Gasteiger partial charge in [0.25, 0.3) is 0 Å². The second kappa shape index (κ2) is 7.01. The topological polar surface area (TPSA) is 74.2 Å². The molecule has 1 saturated carbocycles. The fourth-order valence-electron chi connectivity index (χ4n) is 2.93. The van der Waals surface area contributed by atoms with Crippen LogP contribution >= 0.6 is 0 Å². The summed E-state index contributed by atoms with van der Waals surface area (Å²) in [5.74, 6) is 2.66. The molecular formula is C14H25N3O2. The Morgan fingerprint density at radius 1 is 1.37 bits per heavy atom. The summed E-state index contributed by atoms with van der Waals surface area (Å²) in [7, 11) is 1.62. The molecule has 1 heterocycles. The minimum absolute atomic E-state index is 0.317. The third-order valence-corrected chi connectivity index (χ3v) is 4.03. The summed E-state index contributed by atoms with van der Waals surface area (Å²) >= 11 is 0. The lowest BCUT2D eigenvalue weighted by Crippen LogP contribution is -2.17. The zero-order valence-electron chi connectivity index (χ0n) is 12.0. The van der Waals surface area contributed by atoms with E-state index in [1.54, 1.807) is 7.11 Å². The summed E-state index contributed by atoms with van der Waals surface area (Å²) in [6.45, 7) is 2.67. The maximum Gasteiger partial charge on any atom is 0.245 e. The van der Waals surface area contributed by atoms with E-state index >= 15 is 0 Å². The van der Waals surface area contributed by atoms with Crippen LogP contribution in [0.1, 0.15) is 69.1 Å². The van der Waals surface area contributed by atoms with Gasteiger partial charge in [0.15, 0.2) is 5.82 Å². The Labute approximate surface area is 114 Å². The molecule has 108 valence electrons. The number of rotatable bonds is 6. The molecular weight excluding hydrogens is 242 g/mol. The standard InChI is InChI=1S/C14H25N3O2/c1-3-4-10-5-7-11(8-6-10)13-16-14(19-17-13)12(15)9-18-2/h10-12H,3-9,15H2,1-2H3. The van der Waals surface area contributed by atoms with Crippen molar-refractivity contribution in [2.75, 3.05) is 13.7 Å². The maximum absolute atomic E-state index is 5.89. The molecule has 0 spiro atoms. The molecule has 19 heavy (non-hydrogen) atoms. The normalized spacial score (nSPS) is 25.4. The first-order valence-corrected chi connectivity index (χ1v) is 7.32. The van der Waals surface area contributed by atoms with Crippen molar-refractivity contribution in [2.45, 2.75) is 57.4 Å². The first-order valence-electron chi connectivity index (χ1n) is 7.32. The van der Waals surface area contributed by atoms with Gasteiger partial charge in [-0.05, 0) is 31.6 Å². The van der Waals surface area contributed by atoms with Crippen LogP contribution in [0, 0.1) is 5.92 Å². The molecule has 0 bridgehead atoms. The molecule has 2 N–H and O–H groups in total. The van der Waals surface area contributed by atoms with Crippen LogP contribution in [-0.4, -0.2) is 23.9 Å². The molecule has 0 radical (unpaired) electrons. The molecule has 1 unspecified atom stereocenters. The Morgan fingerprint density at radius 2 is 2.11 bits per heavy atom. The fraction of sp³-hybridized carbons (Fsp3) is 0.857. The fourth-order valence-corrected chi connectivity index (χ4v) is 2.93. The summed E-state index contributed by atoms with van der Waals surface area (Å²) in [4.78, 5) is 4.44. The Kier molecular flexibility index (Phi) is 5.34. The van der Waals surface area contributed by atoms with E-state index in [4.69, 9.17) is 15.0 Å². The van der Waals surface area contributed by atoms with Crippen molar-refractivity contribution in [1.29, 1.82) is 0 Å². The van der Waals surface area contributed by atoms with Crippen molar-refractivity contribution < 1.29 is 9.26 Å². The number of nitrogens with zero attached hydrogens (tertiary/aromatic N) is 2. The lowest BCUT2D eigenvalue weighted by molar-refractivity contribution is 0.166. The predicted octanol–water partition coefficient (Wildman–Crippen LogP) is 2.79. The quantitative estimate of drug-likeness (QED) is 0.857. The summed E-state index contributed by atoms with van der Waals surface area (Å²) in [6, 6.07) is -0.317. The Hall–Kier alpha value is -0.940. The molecule has 1 aliphatic carbocycles. The number of nitrogens with two attached hydrogens (primary N) is 1. The largest absolute Gasteiger partial charge is 0.383 e. The second-order valence-electron chi connectivity index (χ2n) is 5.56. The zero-order valence-corrected chi connectivity index (χ0v) is 12.0. The molecule has 0 aliphatic heterocycles. The van der Waals surface area contributed by atoms with Crippen molar-refractivity contribution in [1.82, 2.24) is 10.1 Å². The van der Waals surface area contributed by atoms with Gasteiger partial charge in [-0.15, -0.1) is 0 Å². The molecule has 0 aromatic carbocycles. The van der Waals surface area contributed by atoms with E-state index in [-0.39, 0.29) is 6.04 Å². The van der Waals surface area contributed by atoms with E-state index in [9.17, 15) is 0 Å². The molecule has 0 amide bonds. The van der Waals surface area contributed by atoms with E-state index in [2.05, 4.69) is 17.1 Å². The Morgan fingerprint density at radius 3 is 2.74 bits per heavy atom. The summed E-state index contributed by atoms with van der Waals surface area (Å²) < 4.78 is 10.2. The molecule has 5 heteroatoms. The van der Waals surface area contributed by atoms with Crippen LogP contribution in [0.2, 0.25) is 0 Å². The SMILES string of the molecule is CCCC1CCC(c2noc(C(N)COC)n2)CC1. The van der Waals surface area contributed by atoms with Gasteiger partial charge in [0.1, 0.15) is 6.04 Å². The number of aromatic nitrogens is 2. The van der Waals surface area contributed by atoms with Crippen LogP contribution in [0.15, 0.2) is 4.52 Å². The maximum atomic E-state index is 5.89. The van der Waals surface area contributed by atoms with Gasteiger partial charge in [0, 0.05) is 13.0 Å². The van der Waals surface area contributed by atoms with Crippen molar-refractivity contribution in [3.8, 4) is 0 Å². The molecule has 1 fully saturated rings. The predicted molar refractivity (Wildman–Crippen MR) is 72.7 cm³/mol. The first kappa shape index (κ1) is 14.5. The number of methoxy groups -OCH3 is 1. The van der Waals surface area contributed by atoms with Gasteiger partial charge in [-0.3, -0.25) is 0 Å². The van der Waals surface area contributed by atoms with Crippen molar-refractivity contribution >= 4 is 0 Å². The van der Waals surface area contributed by atoms with Gasteiger partial charge in [-0.1, -0.05) is 24.9 Å². The monoisotopic (exact) mass is 267 g/mol. The van der Waals surface area contributed by atoms with E-state index in [1.807, 2.05) is 0 Å². The molecule has 1 atom stereocenters. The lowest BCUT2D eigenvalue weighted by Gasteiger charge is -2.26. The minimum atomic E-state index is -0.317. The molecule has 5 nitrogen and oxygen atoms in total. The minimum Gasteiger partial charge on any atom is -0.383 e. The average molecular weight is 267 g/mol. The third-order valence-electron chi connectivity index (χ3n) is 4.03. The molecule has 1 aromatic heterocycles. The second-order valence-corrected chi connectivity index (χ2v) is 5.56. The van der Waals surface area contributed by atoms with E-state index in [0.29, 0.717) is 18.4 Å². The van der Waals surface area contributed by atoms with E-state index < -0.39 is 0 Å². The highest BCUT2D eigenvalue weighted by Gasteiger charge is 2.26.